The number of Topliss-reactive ketones (excluding diaryl/α,β-unsaturated/α-hetero) is 2. The maximum atomic E-state index is 14.1. The van der Waals surface area contributed by atoms with Crippen molar-refractivity contribution >= 4 is 46.0 Å². The van der Waals surface area contributed by atoms with Crippen LogP contribution in [0, 0.1) is 17.8 Å². The number of ketones is 2. The van der Waals surface area contributed by atoms with Crippen LogP contribution in [0.25, 0.3) is 0 Å². The van der Waals surface area contributed by atoms with Gasteiger partial charge < -0.3 is 24.6 Å². The van der Waals surface area contributed by atoms with Gasteiger partial charge in [0.15, 0.2) is 0 Å². The van der Waals surface area contributed by atoms with Gasteiger partial charge in [-0.05, 0) is 63.4 Å². The number of esters is 1. The molecule has 0 spiro atoms. The third-order valence-corrected chi connectivity index (χ3v) is 11.1. The third-order valence-electron chi connectivity index (χ3n) is 9.81. The van der Waals surface area contributed by atoms with E-state index in [4.69, 9.17) is 9.47 Å². The van der Waals surface area contributed by atoms with Crippen molar-refractivity contribution in [3.8, 4) is 0 Å². The zero-order valence-corrected chi connectivity index (χ0v) is 28.3. The van der Waals surface area contributed by atoms with Gasteiger partial charge in [0.1, 0.15) is 17.9 Å². The molecule has 2 N–H and O–H groups in total. The van der Waals surface area contributed by atoms with Gasteiger partial charge in [0, 0.05) is 30.7 Å². The number of fused-ring (bicyclic) bond motifs is 3. The molecule has 3 aliphatic rings. The van der Waals surface area contributed by atoms with E-state index in [1.165, 1.54) is 4.90 Å². The van der Waals surface area contributed by atoms with Crippen LogP contribution in [-0.4, -0.2) is 79.2 Å². The molecule has 3 fully saturated rings. The number of alkyl halides is 1. The predicted molar refractivity (Wildman–Crippen MR) is 173 cm³/mol. The van der Waals surface area contributed by atoms with Crippen molar-refractivity contribution in [2.45, 2.75) is 125 Å². The quantitative estimate of drug-likeness (QED) is 0.201. The van der Waals surface area contributed by atoms with Crippen LogP contribution < -0.4 is 0 Å². The number of hydrogen-bond acceptors (Lipinski definition) is 8. The summed E-state index contributed by atoms with van der Waals surface area (Å²) >= 11 is 2.33. The minimum atomic E-state index is -2.80. The lowest BCUT2D eigenvalue weighted by Gasteiger charge is -2.40. The molecule has 3 saturated heterocycles. The number of carbonyl (C=O) groups excluding carboxylic acids is 4. The van der Waals surface area contributed by atoms with Gasteiger partial charge >= 0.3 is 11.8 Å². The molecule has 1 aromatic carbocycles. The zero-order valence-electron chi connectivity index (χ0n) is 26.2. The van der Waals surface area contributed by atoms with Crippen LogP contribution in [0.15, 0.2) is 30.3 Å². The molecule has 9 atom stereocenters. The number of piperidine rings is 1. The number of hydrogen-bond donors (Lipinski definition) is 2. The highest BCUT2D eigenvalue weighted by atomic mass is 127. The van der Waals surface area contributed by atoms with Crippen molar-refractivity contribution in [2.75, 3.05) is 6.54 Å². The van der Waals surface area contributed by atoms with Crippen LogP contribution in [0.4, 0.5) is 0 Å². The highest BCUT2D eigenvalue weighted by Crippen LogP contribution is 2.36. The molecule has 1 amide bonds. The number of carbonyl (C=O) groups is 4. The van der Waals surface area contributed by atoms with Gasteiger partial charge in [-0.25, -0.2) is 4.79 Å². The summed E-state index contributed by atoms with van der Waals surface area (Å²) < 4.78 is 12.2. The first-order valence-electron chi connectivity index (χ1n) is 16.3. The summed E-state index contributed by atoms with van der Waals surface area (Å²) in [4.78, 5) is 55.8. The summed E-state index contributed by atoms with van der Waals surface area (Å²) in [7, 11) is 0. The number of aliphatic hydroxyl groups is 2. The van der Waals surface area contributed by atoms with E-state index in [0.29, 0.717) is 57.8 Å². The highest BCUT2D eigenvalue weighted by Gasteiger charge is 2.55. The van der Waals surface area contributed by atoms with Crippen molar-refractivity contribution in [2.24, 2.45) is 17.8 Å². The molecule has 0 aromatic heterocycles. The Labute approximate surface area is 274 Å². The van der Waals surface area contributed by atoms with Crippen LogP contribution in [-0.2, 0) is 35.1 Å². The van der Waals surface area contributed by atoms with E-state index in [-0.39, 0.29) is 16.3 Å². The second-order valence-corrected chi connectivity index (χ2v) is 14.6. The number of amides is 1. The minimum Gasteiger partial charge on any atom is -0.460 e. The Bertz CT molecular complexity index is 1160. The largest absolute Gasteiger partial charge is 0.460 e. The van der Waals surface area contributed by atoms with Crippen LogP contribution in [0.5, 0.6) is 0 Å². The van der Waals surface area contributed by atoms with Gasteiger partial charge in [0.2, 0.25) is 5.78 Å². The lowest BCUT2D eigenvalue weighted by atomic mass is 9.83. The molecule has 9 nitrogen and oxygen atoms in total. The standard InChI is InChI=1S/C34H48INO8/c1-21-17-18-28-23(3)30(38)22(2)27(37)15-8-5-9-16-29(25(35)20-24-12-6-4-7-13-24)43-32(40)26-14-10-11-19-36(26)33(41)34(42,44-28)31(21)39/h4,6-7,12-13,21-23,25-26,28-30,38,42H,5,8-11,14-20H2,1-3H3/t21-,22-,23+,25?,26?,28?,29?,30?,34?/m1/s1. The maximum Gasteiger partial charge on any atom is 0.329 e. The molecule has 3 heterocycles. The summed E-state index contributed by atoms with van der Waals surface area (Å²) in [5, 5.41) is 23.0. The highest BCUT2D eigenvalue weighted by molar-refractivity contribution is 14.1. The number of cyclic esters (lactones) is 1. The molecular formula is C34H48INO8. The Morgan fingerprint density at radius 2 is 1.66 bits per heavy atom. The fourth-order valence-corrected chi connectivity index (χ4v) is 7.80. The van der Waals surface area contributed by atoms with Gasteiger partial charge in [-0.1, -0.05) is 80.1 Å². The normalized spacial score (nSPS) is 36.0. The second-order valence-electron chi connectivity index (χ2n) is 13.0. The second kappa shape index (κ2) is 15.6. The van der Waals surface area contributed by atoms with Gasteiger partial charge in [-0.15, -0.1) is 0 Å². The van der Waals surface area contributed by atoms with E-state index in [0.717, 1.165) is 18.4 Å². The molecule has 44 heavy (non-hydrogen) atoms. The van der Waals surface area contributed by atoms with Gasteiger partial charge in [-0.3, -0.25) is 14.4 Å². The Hall–Kier alpha value is -1.89. The fourth-order valence-electron chi connectivity index (χ4n) is 6.78. The van der Waals surface area contributed by atoms with Crippen LogP contribution >= 0.6 is 22.6 Å². The van der Waals surface area contributed by atoms with Crippen molar-refractivity contribution in [3.63, 3.8) is 0 Å². The van der Waals surface area contributed by atoms with Crippen molar-refractivity contribution in [1.29, 1.82) is 0 Å². The average molecular weight is 726 g/mol. The van der Waals surface area contributed by atoms with Crippen molar-refractivity contribution < 1.29 is 38.9 Å². The van der Waals surface area contributed by atoms with E-state index in [2.05, 4.69) is 22.6 Å². The number of rotatable bonds is 3. The summed E-state index contributed by atoms with van der Waals surface area (Å²) in [5.41, 5.74) is 1.12. The predicted octanol–water partition coefficient (Wildman–Crippen LogP) is 4.56. The zero-order chi connectivity index (χ0) is 32.0. The van der Waals surface area contributed by atoms with E-state index in [1.807, 2.05) is 30.3 Å². The topological polar surface area (TPSA) is 130 Å². The molecule has 0 saturated carbocycles. The molecule has 6 unspecified atom stereocenters. The number of benzene rings is 1. The average Bonchev–Trinajstić information content (AvgIpc) is 3.14. The smallest absolute Gasteiger partial charge is 0.329 e. The molecule has 1 aromatic rings. The Morgan fingerprint density at radius 3 is 2.39 bits per heavy atom. The van der Waals surface area contributed by atoms with Crippen LogP contribution in [0.1, 0.15) is 90.5 Å². The maximum absolute atomic E-state index is 14.1. The van der Waals surface area contributed by atoms with E-state index in [1.54, 1.807) is 20.8 Å². The molecule has 0 aliphatic carbocycles. The van der Waals surface area contributed by atoms with Crippen LogP contribution in [0.2, 0.25) is 0 Å². The number of halogens is 1. The molecule has 3 aliphatic heterocycles. The number of nitrogens with zero attached hydrogens (tertiary/aromatic N) is 1. The van der Waals surface area contributed by atoms with E-state index >= 15 is 0 Å². The Kier molecular flexibility index (Phi) is 12.4. The molecular weight excluding hydrogens is 677 g/mol. The summed E-state index contributed by atoms with van der Waals surface area (Å²) in [6.07, 6.45) is 3.79. The Balaban J connectivity index is 1.66. The van der Waals surface area contributed by atoms with E-state index < -0.39 is 65.6 Å². The monoisotopic (exact) mass is 725 g/mol. The summed E-state index contributed by atoms with van der Waals surface area (Å²) in [5.74, 6) is -7.09. The van der Waals surface area contributed by atoms with Crippen molar-refractivity contribution in [1.82, 2.24) is 4.90 Å². The Morgan fingerprint density at radius 1 is 0.955 bits per heavy atom. The SMILES string of the molecule is C[C@H]1C2CC[C@@H](C)C(=O)C(O)(O2)C(=O)N2CCCCC2C(=O)OC(C(I)Cc2ccccc2)CCCCCC(=O)[C@@H](C)C1O. The third kappa shape index (κ3) is 8.09. The lowest BCUT2D eigenvalue weighted by molar-refractivity contribution is -0.237. The summed E-state index contributed by atoms with van der Waals surface area (Å²) in [6, 6.07) is 9.04. The van der Waals surface area contributed by atoms with Gasteiger partial charge in [-0.2, -0.15) is 0 Å². The van der Waals surface area contributed by atoms with Gasteiger partial charge in [0.25, 0.3) is 5.91 Å². The molecule has 0 radical (unpaired) electrons. The van der Waals surface area contributed by atoms with Crippen LogP contribution in [0.3, 0.4) is 0 Å². The fraction of sp³-hybridized carbons (Fsp3) is 0.706. The molecule has 4 rings (SSSR count). The van der Waals surface area contributed by atoms with Gasteiger partial charge in [0.05, 0.1) is 16.1 Å². The van der Waals surface area contributed by atoms with Crippen molar-refractivity contribution in [3.05, 3.63) is 35.9 Å². The lowest BCUT2D eigenvalue weighted by Crippen LogP contribution is -2.62. The number of aliphatic hydroxyl groups excluding tert-OH is 1. The van der Waals surface area contributed by atoms with E-state index in [9.17, 15) is 29.4 Å². The first-order valence-corrected chi connectivity index (χ1v) is 17.5. The first-order chi connectivity index (χ1) is 20.9. The minimum absolute atomic E-state index is 0.0341. The number of ether oxygens (including phenoxy) is 2. The molecule has 10 heteroatoms. The summed E-state index contributed by atoms with van der Waals surface area (Å²) in [6.45, 7) is 5.25. The molecule has 2 bridgehead atoms. The molecule has 244 valence electrons. The first kappa shape index (κ1) is 35.0.